The molecule has 1 fully saturated rings. The number of carbonyl (C=O) groups excluding carboxylic acids is 1. The van der Waals surface area contributed by atoms with Gasteiger partial charge in [0, 0.05) is 19.0 Å². The van der Waals surface area contributed by atoms with Crippen molar-refractivity contribution < 1.29 is 13.2 Å². The third-order valence-electron chi connectivity index (χ3n) is 3.48. The average molecular weight is 297 g/mol. The van der Waals surface area contributed by atoms with E-state index in [1.165, 1.54) is 0 Å². The number of anilines is 1. The van der Waals surface area contributed by atoms with E-state index in [1.54, 1.807) is 26.0 Å². The fraction of sp³-hybridized carbons (Fsp3) is 0.462. The Hall–Kier alpha value is -1.60. The summed E-state index contributed by atoms with van der Waals surface area (Å²) in [5.41, 5.74) is 7.49. The summed E-state index contributed by atoms with van der Waals surface area (Å²) >= 11 is 0. The van der Waals surface area contributed by atoms with Crippen LogP contribution in [-0.4, -0.2) is 26.9 Å². The minimum Gasteiger partial charge on any atom is -0.397 e. The molecule has 1 heterocycles. The van der Waals surface area contributed by atoms with E-state index in [0.717, 1.165) is 5.56 Å². The number of nitrogens with one attached hydrogen (secondary N) is 2. The Kier molecular flexibility index (Phi) is 4.01. The molecule has 0 aromatic heterocycles. The number of benzene rings is 1. The van der Waals surface area contributed by atoms with Gasteiger partial charge in [0.2, 0.25) is 15.9 Å². The Morgan fingerprint density at radius 1 is 1.35 bits per heavy atom. The van der Waals surface area contributed by atoms with Crippen molar-refractivity contribution in [2.24, 2.45) is 0 Å². The lowest BCUT2D eigenvalue weighted by Gasteiger charge is -2.15. The van der Waals surface area contributed by atoms with Gasteiger partial charge in [-0.1, -0.05) is 12.1 Å². The maximum absolute atomic E-state index is 12.4. The molecule has 6 nitrogen and oxygen atoms in total. The van der Waals surface area contributed by atoms with Gasteiger partial charge in [-0.25, -0.2) is 13.1 Å². The first-order valence-electron chi connectivity index (χ1n) is 6.46. The van der Waals surface area contributed by atoms with Gasteiger partial charge in [-0.15, -0.1) is 0 Å². The molecule has 1 amide bonds. The predicted octanol–water partition coefficient (Wildman–Crippen LogP) is 0.443. The summed E-state index contributed by atoms with van der Waals surface area (Å²) in [6.07, 6.45) is 1.08. The van der Waals surface area contributed by atoms with Gasteiger partial charge in [0.15, 0.2) is 0 Å². The van der Waals surface area contributed by atoms with Gasteiger partial charge in [0.1, 0.15) is 4.90 Å². The number of amides is 1. The average Bonchev–Trinajstić information content (AvgIpc) is 2.78. The Balaban J connectivity index is 2.19. The van der Waals surface area contributed by atoms with Gasteiger partial charge in [-0.3, -0.25) is 4.79 Å². The van der Waals surface area contributed by atoms with Gasteiger partial charge >= 0.3 is 0 Å². The minimum atomic E-state index is -3.68. The Morgan fingerprint density at radius 3 is 2.60 bits per heavy atom. The van der Waals surface area contributed by atoms with E-state index < -0.39 is 10.0 Å². The van der Waals surface area contributed by atoms with Crippen LogP contribution in [0, 0.1) is 13.8 Å². The number of hydrogen-bond donors (Lipinski definition) is 3. The molecule has 4 N–H and O–H groups in total. The van der Waals surface area contributed by atoms with Crippen molar-refractivity contribution in [1.29, 1.82) is 0 Å². The summed E-state index contributed by atoms with van der Waals surface area (Å²) in [6, 6.07) is 3.38. The number of aryl methyl sites for hydroxylation is 2. The van der Waals surface area contributed by atoms with Crippen LogP contribution in [0.1, 0.15) is 24.0 Å². The molecule has 1 unspecified atom stereocenters. The van der Waals surface area contributed by atoms with Crippen molar-refractivity contribution in [2.75, 3.05) is 12.3 Å². The number of nitrogen functional groups attached to an aromatic ring is 1. The van der Waals surface area contributed by atoms with Gasteiger partial charge < -0.3 is 11.1 Å². The molecule has 1 atom stereocenters. The molecular weight excluding hydrogens is 278 g/mol. The van der Waals surface area contributed by atoms with Crippen molar-refractivity contribution in [1.82, 2.24) is 10.0 Å². The molecule has 0 aliphatic carbocycles. The zero-order chi connectivity index (χ0) is 14.9. The van der Waals surface area contributed by atoms with Crippen LogP contribution in [-0.2, 0) is 14.8 Å². The van der Waals surface area contributed by atoms with Crippen molar-refractivity contribution in [3.8, 4) is 0 Å². The first-order chi connectivity index (χ1) is 9.31. The molecule has 20 heavy (non-hydrogen) atoms. The number of hydrogen-bond acceptors (Lipinski definition) is 4. The second-order valence-electron chi connectivity index (χ2n) is 5.10. The van der Waals surface area contributed by atoms with E-state index in [1.807, 2.05) is 0 Å². The maximum atomic E-state index is 12.4. The summed E-state index contributed by atoms with van der Waals surface area (Å²) in [6.45, 7) is 3.66. The van der Waals surface area contributed by atoms with Crippen LogP contribution in [0.15, 0.2) is 17.0 Å². The molecular formula is C13H19N3O3S. The van der Waals surface area contributed by atoms with Crippen LogP contribution in [0.3, 0.4) is 0 Å². The van der Waals surface area contributed by atoms with E-state index in [9.17, 15) is 13.2 Å². The number of carbonyl (C=O) groups is 1. The van der Waals surface area contributed by atoms with Crippen molar-refractivity contribution in [2.45, 2.75) is 37.6 Å². The summed E-state index contributed by atoms with van der Waals surface area (Å²) in [4.78, 5) is 11.2. The standard InChI is InChI=1S/C13H19N3O3S/c1-8-3-4-9(2)13(12(8)14)20(18,19)15-7-10-5-6-11(17)16-10/h3-4,10,15H,5-7,14H2,1-2H3,(H,16,17). The quantitative estimate of drug-likeness (QED) is 0.702. The third kappa shape index (κ3) is 2.94. The van der Waals surface area contributed by atoms with Crippen LogP contribution in [0.25, 0.3) is 0 Å². The van der Waals surface area contributed by atoms with Crippen LogP contribution in [0.4, 0.5) is 5.69 Å². The molecule has 7 heteroatoms. The topological polar surface area (TPSA) is 101 Å². The van der Waals surface area contributed by atoms with Crippen LogP contribution in [0.5, 0.6) is 0 Å². The summed E-state index contributed by atoms with van der Waals surface area (Å²) < 4.78 is 27.2. The highest BCUT2D eigenvalue weighted by Gasteiger charge is 2.25. The minimum absolute atomic E-state index is 0.0413. The Morgan fingerprint density at radius 2 is 2.00 bits per heavy atom. The van der Waals surface area contributed by atoms with E-state index in [-0.39, 0.29) is 29.1 Å². The highest BCUT2D eigenvalue weighted by Crippen LogP contribution is 2.25. The number of sulfonamides is 1. The summed E-state index contributed by atoms with van der Waals surface area (Å²) in [5.74, 6) is -0.0413. The second kappa shape index (κ2) is 5.41. The maximum Gasteiger partial charge on any atom is 0.242 e. The fourth-order valence-electron chi connectivity index (χ4n) is 2.28. The van der Waals surface area contributed by atoms with Crippen LogP contribution in [0.2, 0.25) is 0 Å². The fourth-order valence-corrected chi connectivity index (χ4v) is 3.78. The molecule has 1 aliphatic heterocycles. The largest absolute Gasteiger partial charge is 0.397 e. The number of rotatable bonds is 4. The first kappa shape index (κ1) is 14.8. The first-order valence-corrected chi connectivity index (χ1v) is 7.94. The van der Waals surface area contributed by atoms with Crippen molar-refractivity contribution >= 4 is 21.6 Å². The van der Waals surface area contributed by atoms with Crippen molar-refractivity contribution in [3.05, 3.63) is 23.3 Å². The van der Waals surface area contributed by atoms with Gasteiger partial charge in [-0.2, -0.15) is 0 Å². The van der Waals surface area contributed by atoms with Gasteiger partial charge in [0.05, 0.1) is 5.69 Å². The lowest BCUT2D eigenvalue weighted by molar-refractivity contribution is -0.119. The smallest absolute Gasteiger partial charge is 0.242 e. The lowest BCUT2D eigenvalue weighted by Crippen LogP contribution is -2.38. The molecule has 2 rings (SSSR count). The molecule has 0 saturated carbocycles. The van der Waals surface area contributed by atoms with Gasteiger partial charge in [0.25, 0.3) is 0 Å². The SMILES string of the molecule is Cc1ccc(C)c(S(=O)(=O)NCC2CCC(=O)N2)c1N. The highest BCUT2D eigenvalue weighted by molar-refractivity contribution is 7.89. The Labute approximate surface area is 118 Å². The van der Waals surface area contributed by atoms with Crippen LogP contribution < -0.4 is 15.8 Å². The predicted molar refractivity (Wildman–Crippen MR) is 76.7 cm³/mol. The molecule has 1 saturated heterocycles. The van der Waals surface area contributed by atoms with E-state index >= 15 is 0 Å². The van der Waals surface area contributed by atoms with Crippen LogP contribution >= 0.6 is 0 Å². The third-order valence-corrected chi connectivity index (χ3v) is 5.11. The summed E-state index contributed by atoms with van der Waals surface area (Å²) in [7, 11) is -3.68. The molecule has 1 aromatic carbocycles. The summed E-state index contributed by atoms with van der Waals surface area (Å²) in [5, 5.41) is 2.72. The lowest BCUT2D eigenvalue weighted by atomic mass is 10.1. The van der Waals surface area contributed by atoms with E-state index in [4.69, 9.17) is 5.73 Å². The van der Waals surface area contributed by atoms with E-state index in [0.29, 0.717) is 18.4 Å². The molecule has 0 spiro atoms. The number of nitrogens with two attached hydrogens (primary N) is 1. The molecule has 1 aromatic rings. The van der Waals surface area contributed by atoms with E-state index in [2.05, 4.69) is 10.0 Å². The second-order valence-corrected chi connectivity index (χ2v) is 6.80. The molecule has 0 radical (unpaired) electrons. The monoisotopic (exact) mass is 297 g/mol. The molecule has 110 valence electrons. The Bertz CT molecular complexity index is 641. The molecule has 1 aliphatic rings. The molecule has 0 bridgehead atoms. The highest BCUT2D eigenvalue weighted by atomic mass is 32.2. The normalized spacial score (nSPS) is 19.1. The van der Waals surface area contributed by atoms with Gasteiger partial charge in [-0.05, 0) is 31.4 Å². The zero-order valence-corrected chi connectivity index (χ0v) is 12.4. The zero-order valence-electron chi connectivity index (χ0n) is 11.6. The van der Waals surface area contributed by atoms with Crippen molar-refractivity contribution in [3.63, 3.8) is 0 Å².